The van der Waals surface area contributed by atoms with Crippen molar-refractivity contribution in [3.05, 3.63) is 0 Å². The van der Waals surface area contributed by atoms with Crippen LogP contribution in [0.15, 0.2) is 4.99 Å². The molecular weight excluding hydrogens is 226 g/mol. The minimum absolute atomic E-state index is 0.0552. The molecule has 0 saturated carbocycles. The number of aliphatic imine (C=N–C) groups is 1. The van der Waals surface area contributed by atoms with E-state index >= 15 is 0 Å². The van der Waals surface area contributed by atoms with Gasteiger partial charge in [-0.15, -0.1) is 0 Å². The summed E-state index contributed by atoms with van der Waals surface area (Å²) in [5, 5.41) is 6.66. The van der Waals surface area contributed by atoms with Crippen LogP contribution >= 0.6 is 0 Å². The summed E-state index contributed by atoms with van der Waals surface area (Å²) in [6, 6.07) is 0. The van der Waals surface area contributed by atoms with Crippen molar-refractivity contribution in [2.45, 2.75) is 52.6 Å². The fraction of sp³-hybridized carbons (Fsp3) is 0.929. The summed E-state index contributed by atoms with van der Waals surface area (Å²) >= 11 is 0. The molecular formula is C14H29N3O. The van der Waals surface area contributed by atoms with E-state index < -0.39 is 0 Å². The van der Waals surface area contributed by atoms with Gasteiger partial charge in [0, 0.05) is 19.7 Å². The van der Waals surface area contributed by atoms with E-state index in [4.69, 9.17) is 4.74 Å². The quantitative estimate of drug-likeness (QED) is 0.565. The minimum atomic E-state index is -0.0552. The lowest BCUT2D eigenvalue weighted by atomic mass is 10.0. The van der Waals surface area contributed by atoms with Crippen LogP contribution in [0.1, 0.15) is 47.0 Å². The Morgan fingerprint density at radius 3 is 2.72 bits per heavy atom. The summed E-state index contributed by atoms with van der Waals surface area (Å²) in [5.74, 6) is 1.63. The molecule has 0 spiro atoms. The van der Waals surface area contributed by atoms with E-state index in [0.717, 1.165) is 57.4 Å². The van der Waals surface area contributed by atoms with Crippen LogP contribution < -0.4 is 10.6 Å². The highest BCUT2D eigenvalue weighted by molar-refractivity contribution is 5.79. The van der Waals surface area contributed by atoms with E-state index in [1.165, 1.54) is 0 Å². The maximum Gasteiger partial charge on any atom is 0.191 e. The molecule has 1 aliphatic heterocycles. The van der Waals surface area contributed by atoms with Gasteiger partial charge in [-0.1, -0.05) is 13.8 Å². The first-order valence-corrected chi connectivity index (χ1v) is 7.22. The number of hydrogen-bond acceptors (Lipinski definition) is 2. The molecule has 2 N–H and O–H groups in total. The molecule has 1 aliphatic rings. The number of hydrogen-bond donors (Lipinski definition) is 2. The first-order chi connectivity index (χ1) is 8.56. The molecule has 1 saturated heterocycles. The van der Waals surface area contributed by atoms with Crippen molar-refractivity contribution in [3.63, 3.8) is 0 Å². The van der Waals surface area contributed by atoms with Gasteiger partial charge < -0.3 is 15.4 Å². The number of nitrogens with zero attached hydrogens (tertiary/aromatic N) is 1. The monoisotopic (exact) mass is 255 g/mol. The second-order valence-electron chi connectivity index (χ2n) is 5.71. The molecule has 1 unspecified atom stereocenters. The first kappa shape index (κ1) is 15.3. The topological polar surface area (TPSA) is 45.7 Å². The highest BCUT2D eigenvalue weighted by Crippen LogP contribution is 2.24. The van der Waals surface area contributed by atoms with E-state index in [-0.39, 0.29) is 5.60 Å². The van der Waals surface area contributed by atoms with Gasteiger partial charge in [-0.3, -0.25) is 4.99 Å². The molecule has 0 bridgehead atoms. The Morgan fingerprint density at radius 1 is 1.39 bits per heavy atom. The summed E-state index contributed by atoms with van der Waals surface area (Å²) in [5.41, 5.74) is -0.0552. The van der Waals surface area contributed by atoms with E-state index in [1.807, 2.05) is 0 Å². The Bertz CT molecular complexity index is 258. The Labute approximate surface area is 112 Å². The van der Waals surface area contributed by atoms with Gasteiger partial charge in [0.2, 0.25) is 0 Å². The number of rotatable bonds is 6. The number of guanidine groups is 1. The van der Waals surface area contributed by atoms with Gasteiger partial charge in [-0.05, 0) is 39.0 Å². The summed E-state index contributed by atoms with van der Waals surface area (Å²) in [6.45, 7) is 12.2. The zero-order valence-corrected chi connectivity index (χ0v) is 12.4. The van der Waals surface area contributed by atoms with Crippen LogP contribution in [0.5, 0.6) is 0 Å². The molecule has 1 fully saturated rings. The Hall–Kier alpha value is -0.770. The number of nitrogens with one attached hydrogen (secondary N) is 2. The van der Waals surface area contributed by atoms with Crippen LogP contribution in [0, 0.1) is 5.92 Å². The third kappa shape index (κ3) is 5.71. The third-order valence-corrected chi connectivity index (χ3v) is 3.23. The molecule has 0 aromatic carbocycles. The Balaban J connectivity index is 2.39. The summed E-state index contributed by atoms with van der Waals surface area (Å²) < 4.78 is 5.75. The molecule has 0 aromatic rings. The second-order valence-corrected chi connectivity index (χ2v) is 5.71. The van der Waals surface area contributed by atoms with Gasteiger partial charge >= 0.3 is 0 Å². The van der Waals surface area contributed by atoms with Crippen LogP contribution in [0.4, 0.5) is 0 Å². The van der Waals surface area contributed by atoms with Crippen molar-refractivity contribution in [1.29, 1.82) is 0 Å². The molecule has 1 heterocycles. The van der Waals surface area contributed by atoms with Crippen molar-refractivity contribution in [2.24, 2.45) is 10.9 Å². The molecule has 0 aromatic heterocycles. The second kappa shape index (κ2) is 7.62. The van der Waals surface area contributed by atoms with Crippen molar-refractivity contribution in [3.8, 4) is 0 Å². The van der Waals surface area contributed by atoms with Gasteiger partial charge in [0.05, 0.1) is 12.1 Å². The maximum atomic E-state index is 5.75. The molecule has 0 radical (unpaired) electrons. The third-order valence-electron chi connectivity index (χ3n) is 3.23. The van der Waals surface area contributed by atoms with E-state index in [1.54, 1.807) is 0 Å². The molecule has 106 valence electrons. The van der Waals surface area contributed by atoms with Gasteiger partial charge in [0.15, 0.2) is 5.96 Å². The van der Waals surface area contributed by atoms with Gasteiger partial charge in [0.25, 0.3) is 0 Å². The fourth-order valence-electron chi connectivity index (χ4n) is 2.03. The molecule has 0 amide bonds. The largest absolute Gasteiger partial charge is 0.373 e. The zero-order valence-electron chi connectivity index (χ0n) is 12.4. The van der Waals surface area contributed by atoms with Crippen molar-refractivity contribution < 1.29 is 4.74 Å². The predicted molar refractivity (Wildman–Crippen MR) is 77.0 cm³/mol. The average molecular weight is 255 g/mol. The normalized spacial score (nSPS) is 24.6. The smallest absolute Gasteiger partial charge is 0.191 e. The van der Waals surface area contributed by atoms with Crippen molar-refractivity contribution in [2.75, 3.05) is 26.2 Å². The number of ether oxygens (including phenoxy) is 1. The molecule has 1 rings (SSSR count). The molecule has 4 nitrogen and oxygen atoms in total. The summed E-state index contributed by atoms with van der Waals surface area (Å²) in [7, 11) is 0. The van der Waals surface area contributed by atoms with Crippen molar-refractivity contribution in [1.82, 2.24) is 10.6 Å². The van der Waals surface area contributed by atoms with Crippen molar-refractivity contribution >= 4 is 5.96 Å². The van der Waals surface area contributed by atoms with E-state index in [0.29, 0.717) is 0 Å². The summed E-state index contributed by atoms with van der Waals surface area (Å²) in [4.78, 5) is 4.63. The molecule has 18 heavy (non-hydrogen) atoms. The van der Waals surface area contributed by atoms with Gasteiger partial charge in [-0.2, -0.15) is 0 Å². The lowest BCUT2D eigenvalue weighted by molar-refractivity contribution is 0.0283. The zero-order chi connectivity index (χ0) is 13.4. The lowest BCUT2D eigenvalue weighted by Gasteiger charge is -2.21. The molecule has 1 atom stereocenters. The highest BCUT2D eigenvalue weighted by atomic mass is 16.5. The maximum absolute atomic E-state index is 5.75. The average Bonchev–Trinajstić information content (AvgIpc) is 2.73. The Kier molecular flexibility index (Phi) is 6.47. The SMILES string of the molecule is CCNC(=NCC1(C)CCCO1)NCCC(C)C. The first-order valence-electron chi connectivity index (χ1n) is 7.22. The Morgan fingerprint density at radius 2 is 2.17 bits per heavy atom. The van der Waals surface area contributed by atoms with Crippen LogP contribution in [0.3, 0.4) is 0 Å². The molecule has 0 aliphatic carbocycles. The van der Waals surface area contributed by atoms with Gasteiger partial charge in [-0.25, -0.2) is 0 Å². The highest BCUT2D eigenvalue weighted by Gasteiger charge is 2.29. The fourth-order valence-corrected chi connectivity index (χ4v) is 2.03. The van der Waals surface area contributed by atoms with Crippen LogP contribution in [-0.2, 0) is 4.74 Å². The van der Waals surface area contributed by atoms with E-state index in [2.05, 4.69) is 43.3 Å². The predicted octanol–water partition coefficient (Wildman–Crippen LogP) is 2.16. The minimum Gasteiger partial charge on any atom is -0.373 e. The van der Waals surface area contributed by atoms with Crippen LogP contribution in [-0.4, -0.2) is 37.8 Å². The van der Waals surface area contributed by atoms with Crippen LogP contribution in [0.2, 0.25) is 0 Å². The van der Waals surface area contributed by atoms with Crippen LogP contribution in [0.25, 0.3) is 0 Å². The summed E-state index contributed by atoms with van der Waals surface area (Å²) in [6.07, 6.45) is 3.43. The van der Waals surface area contributed by atoms with E-state index in [9.17, 15) is 0 Å². The molecule has 4 heteroatoms. The lowest BCUT2D eigenvalue weighted by Crippen LogP contribution is -2.39. The van der Waals surface area contributed by atoms with Gasteiger partial charge in [0.1, 0.15) is 0 Å². The standard InChI is InChI=1S/C14H29N3O/c1-5-15-13(16-9-7-12(2)3)17-11-14(4)8-6-10-18-14/h12H,5-11H2,1-4H3,(H2,15,16,17).